The van der Waals surface area contributed by atoms with Gasteiger partial charge in [0.2, 0.25) is 0 Å². The summed E-state index contributed by atoms with van der Waals surface area (Å²) >= 11 is 0. The van der Waals surface area contributed by atoms with Gasteiger partial charge in [-0.3, -0.25) is 4.68 Å². The topological polar surface area (TPSA) is 47.3 Å². The van der Waals surface area contributed by atoms with E-state index in [4.69, 9.17) is 4.74 Å². The number of rotatable bonds is 4. The zero-order chi connectivity index (χ0) is 13.1. The second-order valence-corrected chi connectivity index (χ2v) is 5.53. The first-order valence-corrected chi connectivity index (χ1v) is 6.96. The molecule has 1 heterocycles. The lowest BCUT2D eigenvalue weighted by molar-refractivity contribution is 0.0520. The summed E-state index contributed by atoms with van der Waals surface area (Å²) in [6, 6.07) is 0.294. The highest BCUT2D eigenvalue weighted by molar-refractivity contribution is 5.12. The summed E-state index contributed by atoms with van der Waals surface area (Å²) in [4.78, 5) is 0. The molecule has 0 aromatic carbocycles. The Kier molecular flexibility index (Phi) is 4.27. The molecule has 102 valence electrons. The van der Waals surface area contributed by atoms with E-state index in [1.54, 1.807) is 6.20 Å². The van der Waals surface area contributed by atoms with Crippen molar-refractivity contribution in [2.45, 2.75) is 52.2 Å². The van der Waals surface area contributed by atoms with Gasteiger partial charge in [-0.2, -0.15) is 5.10 Å². The normalized spacial score (nSPS) is 28.6. The third kappa shape index (κ3) is 2.86. The van der Waals surface area contributed by atoms with Crippen molar-refractivity contribution < 1.29 is 9.84 Å². The molecule has 0 spiro atoms. The molecule has 0 radical (unpaired) electrons. The van der Waals surface area contributed by atoms with Crippen LogP contribution in [0.1, 0.15) is 46.1 Å². The molecule has 3 atom stereocenters. The van der Waals surface area contributed by atoms with Gasteiger partial charge < -0.3 is 9.84 Å². The molecule has 1 aromatic heterocycles. The quantitative estimate of drug-likeness (QED) is 0.896. The van der Waals surface area contributed by atoms with Crippen LogP contribution in [0.3, 0.4) is 0 Å². The largest absolute Gasteiger partial charge is 0.491 e. The van der Waals surface area contributed by atoms with Crippen LogP contribution in [0.2, 0.25) is 0 Å². The van der Waals surface area contributed by atoms with Gasteiger partial charge in [-0.1, -0.05) is 13.8 Å². The molecule has 18 heavy (non-hydrogen) atoms. The lowest BCUT2D eigenvalue weighted by atomic mass is 9.77. The maximum absolute atomic E-state index is 9.88. The third-order valence-corrected chi connectivity index (χ3v) is 3.93. The maximum atomic E-state index is 9.88. The summed E-state index contributed by atoms with van der Waals surface area (Å²) in [6.07, 6.45) is 6.33. The molecular formula is C14H24N2O2. The molecule has 1 aliphatic rings. The summed E-state index contributed by atoms with van der Waals surface area (Å²) < 4.78 is 7.44. The highest BCUT2D eigenvalue weighted by atomic mass is 16.5. The number of ether oxygens (including phenoxy) is 1. The predicted octanol–water partition coefficient (Wildman–Crippen LogP) is 2.64. The smallest absolute Gasteiger partial charge is 0.157 e. The standard InChI is InChI=1S/C14H24N2O2/c1-4-18-12-8-15-16(9-12)14-7-11(17)5-6-13(14)10(2)3/h8-11,13-14,17H,4-7H2,1-3H3. The van der Waals surface area contributed by atoms with Crippen LogP contribution in [0, 0.1) is 11.8 Å². The molecule has 0 saturated heterocycles. The number of aliphatic hydroxyl groups excluding tert-OH is 1. The van der Waals surface area contributed by atoms with E-state index in [1.165, 1.54) is 0 Å². The van der Waals surface area contributed by atoms with Gasteiger partial charge in [-0.25, -0.2) is 0 Å². The molecule has 1 fully saturated rings. The van der Waals surface area contributed by atoms with Gasteiger partial charge >= 0.3 is 0 Å². The number of hydrogen-bond acceptors (Lipinski definition) is 3. The van der Waals surface area contributed by atoms with E-state index in [1.807, 2.05) is 17.8 Å². The third-order valence-electron chi connectivity index (χ3n) is 3.93. The van der Waals surface area contributed by atoms with Crippen molar-refractivity contribution in [3.63, 3.8) is 0 Å². The van der Waals surface area contributed by atoms with Crippen LogP contribution in [0.5, 0.6) is 5.75 Å². The van der Waals surface area contributed by atoms with Crippen LogP contribution in [-0.2, 0) is 0 Å². The zero-order valence-corrected chi connectivity index (χ0v) is 11.5. The highest BCUT2D eigenvalue weighted by Gasteiger charge is 2.33. The van der Waals surface area contributed by atoms with Crippen LogP contribution in [0.25, 0.3) is 0 Å². The Morgan fingerprint density at radius 1 is 1.50 bits per heavy atom. The lowest BCUT2D eigenvalue weighted by Crippen LogP contribution is -2.33. The minimum atomic E-state index is -0.190. The molecule has 4 nitrogen and oxygen atoms in total. The van der Waals surface area contributed by atoms with Crippen molar-refractivity contribution in [1.82, 2.24) is 9.78 Å². The van der Waals surface area contributed by atoms with E-state index in [-0.39, 0.29) is 6.10 Å². The Morgan fingerprint density at radius 3 is 2.94 bits per heavy atom. The fraction of sp³-hybridized carbons (Fsp3) is 0.786. The molecule has 0 bridgehead atoms. The minimum absolute atomic E-state index is 0.190. The molecule has 0 aliphatic heterocycles. The van der Waals surface area contributed by atoms with Gasteiger partial charge in [-0.05, 0) is 38.0 Å². The van der Waals surface area contributed by atoms with E-state index in [9.17, 15) is 5.11 Å². The Balaban J connectivity index is 2.15. The van der Waals surface area contributed by atoms with Crippen molar-refractivity contribution in [3.05, 3.63) is 12.4 Å². The SMILES string of the molecule is CCOc1cnn(C2CC(O)CCC2C(C)C)c1. The summed E-state index contributed by atoms with van der Waals surface area (Å²) in [5.41, 5.74) is 0. The molecule has 1 aromatic rings. The minimum Gasteiger partial charge on any atom is -0.491 e. The van der Waals surface area contributed by atoms with Crippen molar-refractivity contribution in [2.24, 2.45) is 11.8 Å². The second-order valence-electron chi connectivity index (χ2n) is 5.53. The van der Waals surface area contributed by atoms with Crippen LogP contribution in [0.15, 0.2) is 12.4 Å². The average molecular weight is 252 g/mol. The lowest BCUT2D eigenvalue weighted by Gasteiger charge is -2.36. The van der Waals surface area contributed by atoms with E-state index >= 15 is 0 Å². The van der Waals surface area contributed by atoms with Crippen molar-refractivity contribution >= 4 is 0 Å². The number of nitrogens with zero attached hydrogens (tertiary/aromatic N) is 2. The molecule has 1 aliphatic carbocycles. The first-order valence-electron chi connectivity index (χ1n) is 6.96. The average Bonchev–Trinajstić information content (AvgIpc) is 2.77. The first-order chi connectivity index (χ1) is 8.61. The Morgan fingerprint density at radius 2 is 2.28 bits per heavy atom. The molecule has 3 unspecified atom stereocenters. The molecule has 0 amide bonds. The van der Waals surface area contributed by atoms with Crippen LogP contribution in [-0.4, -0.2) is 27.6 Å². The molecule has 1 N–H and O–H groups in total. The first kappa shape index (κ1) is 13.4. The van der Waals surface area contributed by atoms with E-state index in [0.29, 0.717) is 24.5 Å². The van der Waals surface area contributed by atoms with Crippen molar-refractivity contribution in [1.29, 1.82) is 0 Å². The predicted molar refractivity (Wildman–Crippen MR) is 70.6 cm³/mol. The number of hydrogen-bond donors (Lipinski definition) is 1. The second kappa shape index (κ2) is 5.74. The van der Waals surface area contributed by atoms with Crippen molar-refractivity contribution in [2.75, 3.05) is 6.61 Å². The van der Waals surface area contributed by atoms with Crippen molar-refractivity contribution in [3.8, 4) is 5.75 Å². The Bertz CT molecular complexity index is 376. The Labute approximate surface area is 109 Å². The maximum Gasteiger partial charge on any atom is 0.157 e. The fourth-order valence-electron chi connectivity index (χ4n) is 2.97. The van der Waals surface area contributed by atoms with Crippen LogP contribution >= 0.6 is 0 Å². The van der Waals surface area contributed by atoms with Gasteiger partial charge in [0.25, 0.3) is 0 Å². The van der Waals surface area contributed by atoms with Gasteiger partial charge in [0, 0.05) is 0 Å². The fourth-order valence-corrected chi connectivity index (χ4v) is 2.97. The molecular weight excluding hydrogens is 228 g/mol. The van der Waals surface area contributed by atoms with E-state index in [2.05, 4.69) is 18.9 Å². The number of aliphatic hydroxyl groups is 1. The van der Waals surface area contributed by atoms with Crippen LogP contribution in [0.4, 0.5) is 0 Å². The zero-order valence-electron chi connectivity index (χ0n) is 11.5. The molecule has 1 saturated carbocycles. The highest BCUT2D eigenvalue weighted by Crippen LogP contribution is 2.38. The van der Waals surface area contributed by atoms with E-state index < -0.39 is 0 Å². The molecule has 4 heteroatoms. The van der Waals surface area contributed by atoms with Crippen LogP contribution < -0.4 is 4.74 Å². The van der Waals surface area contributed by atoms with Gasteiger partial charge in [0.05, 0.1) is 31.1 Å². The monoisotopic (exact) mass is 252 g/mol. The van der Waals surface area contributed by atoms with Gasteiger partial charge in [0.1, 0.15) is 0 Å². The van der Waals surface area contributed by atoms with E-state index in [0.717, 1.165) is 25.0 Å². The van der Waals surface area contributed by atoms with Gasteiger partial charge in [-0.15, -0.1) is 0 Å². The number of aromatic nitrogens is 2. The molecule has 2 rings (SSSR count). The summed E-state index contributed by atoms with van der Waals surface area (Å²) in [5.74, 6) is 2.02. The Hall–Kier alpha value is -1.03. The van der Waals surface area contributed by atoms with Gasteiger partial charge in [0.15, 0.2) is 5.75 Å². The summed E-state index contributed by atoms with van der Waals surface area (Å²) in [5, 5.41) is 14.3. The summed E-state index contributed by atoms with van der Waals surface area (Å²) in [7, 11) is 0. The summed E-state index contributed by atoms with van der Waals surface area (Å²) in [6.45, 7) is 7.13.